The van der Waals surface area contributed by atoms with Gasteiger partial charge in [0, 0.05) is 16.6 Å². The van der Waals surface area contributed by atoms with E-state index in [1.54, 1.807) is 6.07 Å². The van der Waals surface area contributed by atoms with Crippen LogP contribution in [0.25, 0.3) is 0 Å². The van der Waals surface area contributed by atoms with E-state index in [-0.39, 0.29) is 0 Å². The van der Waals surface area contributed by atoms with E-state index in [1.807, 2.05) is 12.1 Å². The number of benzene rings is 1. The van der Waals surface area contributed by atoms with Crippen molar-refractivity contribution in [1.29, 1.82) is 0 Å². The van der Waals surface area contributed by atoms with Crippen molar-refractivity contribution in [2.45, 2.75) is 19.4 Å². The molecule has 0 unspecified atom stereocenters. The lowest BCUT2D eigenvalue weighted by Crippen LogP contribution is -2.15. The van der Waals surface area contributed by atoms with E-state index in [0.29, 0.717) is 10.0 Å². The molecule has 1 aromatic rings. The summed E-state index contributed by atoms with van der Waals surface area (Å²) in [6.45, 7) is 1.97. The molecule has 1 aliphatic carbocycles. The molecule has 0 spiro atoms. The van der Waals surface area contributed by atoms with Crippen molar-refractivity contribution in [2.24, 2.45) is 5.92 Å². The first-order valence-corrected chi connectivity index (χ1v) is 5.65. The summed E-state index contributed by atoms with van der Waals surface area (Å²) in [4.78, 5) is 0. The number of hydrogen-bond donors (Lipinski definition) is 1. The van der Waals surface area contributed by atoms with Crippen molar-refractivity contribution < 1.29 is 0 Å². The number of rotatable bonds is 4. The Morgan fingerprint density at radius 3 is 2.36 bits per heavy atom. The molecule has 3 heteroatoms. The van der Waals surface area contributed by atoms with Crippen LogP contribution in [0.1, 0.15) is 18.4 Å². The smallest absolute Gasteiger partial charge is 0.0424 e. The molecule has 0 bridgehead atoms. The Morgan fingerprint density at radius 1 is 1.14 bits per heavy atom. The zero-order valence-corrected chi connectivity index (χ0v) is 9.41. The van der Waals surface area contributed by atoms with Gasteiger partial charge in [-0.05, 0) is 49.1 Å². The fourth-order valence-corrected chi connectivity index (χ4v) is 2.03. The van der Waals surface area contributed by atoms with Crippen molar-refractivity contribution in [3.05, 3.63) is 33.8 Å². The average Bonchev–Trinajstić information content (AvgIpc) is 2.86. The molecule has 1 aromatic carbocycles. The first kappa shape index (κ1) is 10.3. The Morgan fingerprint density at radius 2 is 1.79 bits per heavy atom. The molecule has 1 aliphatic rings. The molecular formula is C11H13Cl2N. The minimum Gasteiger partial charge on any atom is -0.312 e. The second kappa shape index (κ2) is 4.52. The maximum atomic E-state index is 5.89. The van der Waals surface area contributed by atoms with Gasteiger partial charge in [-0.15, -0.1) is 0 Å². The predicted octanol–water partition coefficient (Wildman–Crippen LogP) is 3.49. The van der Waals surface area contributed by atoms with E-state index in [2.05, 4.69) is 5.32 Å². The molecule has 0 aromatic heterocycles. The van der Waals surface area contributed by atoms with Crippen molar-refractivity contribution in [3.8, 4) is 0 Å². The Bertz CT molecular complexity index is 301. The molecular weight excluding hydrogens is 217 g/mol. The van der Waals surface area contributed by atoms with Gasteiger partial charge in [0.2, 0.25) is 0 Å². The van der Waals surface area contributed by atoms with Gasteiger partial charge in [0.15, 0.2) is 0 Å². The lowest BCUT2D eigenvalue weighted by atomic mass is 10.2. The molecule has 0 saturated heterocycles. The Kier molecular flexibility index (Phi) is 3.32. The molecule has 1 N–H and O–H groups in total. The zero-order chi connectivity index (χ0) is 9.97. The van der Waals surface area contributed by atoms with E-state index in [1.165, 1.54) is 12.8 Å². The second-order valence-corrected chi connectivity index (χ2v) is 4.72. The summed E-state index contributed by atoms with van der Waals surface area (Å²) >= 11 is 11.8. The van der Waals surface area contributed by atoms with Gasteiger partial charge >= 0.3 is 0 Å². The van der Waals surface area contributed by atoms with Gasteiger partial charge in [0.05, 0.1) is 0 Å². The second-order valence-electron chi connectivity index (χ2n) is 3.85. The minimum absolute atomic E-state index is 0.709. The number of nitrogens with one attached hydrogen (secondary N) is 1. The van der Waals surface area contributed by atoms with E-state index >= 15 is 0 Å². The summed E-state index contributed by atoms with van der Waals surface area (Å²) in [6, 6.07) is 5.66. The standard InChI is InChI=1S/C11H13Cl2N/c12-10-3-9(4-11(13)5-10)7-14-6-8-1-2-8/h3-5,8,14H,1-2,6-7H2. The van der Waals surface area contributed by atoms with Gasteiger partial charge in [0.1, 0.15) is 0 Å². The minimum atomic E-state index is 0.709. The third-order valence-corrected chi connectivity index (χ3v) is 2.82. The van der Waals surface area contributed by atoms with E-state index < -0.39 is 0 Å². The normalized spacial score (nSPS) is 15.9. The predicted molar refractivity (Wildman–Crippen MR) is 60.9 cm³/mol. The highest BCUT2D eigenvalue weighted by atomic mass is 35.5. The SMILES string of the molecule is Clc1cc(Cl)cc(CNCC2CC2)c1. The van der Waals surface area contributed by atoms with Crippen LogP contribution < -0.4 is 5.32 Å². The fourth-order valence-electron chi connectivity index (χ4n) is 1.46. The molecule has 0 amide bonds. The highest BCUT2D eigenvalue weighted by molar-refractivity contribution is 6.34. The quantitative estimate of drug-likeness (QED) is 0.834. The molecule has 2 rings (SSSR count). The Labute approximate surface area is 94.4 Å². The Balaban J connectivity index is 1.87. The van der Waals surface area contributed by atoms with Crippen LogP contribution in [-0.2, 0) is 6.54 Å². The van der Waals surface area contributed by atoms with Gasteiger partial charge in [-0.3, -0.25) is 0 Å². The number of hydrogen-bond acceptors (Lipinski definition) is 1. The summed E-state index contributed by atoms with van der Waals surface area (Å²) in [5.74, 6) is 0.907. The largest absolute Gasteiger partial charge is 0.312 e. The number of halogens is 2. The highest BCUT2D eigenvalue weighted by Crippen LogP contribution is 2.27. The fraction of sp³-hybridized carbons (Fsp3) is 0.455. The molecule has 1 saturated carbocycles. The summed E-state index contributed by atoms with van der Waals surface area (Å²) < 4.78 is 0. The lowest BCUT2D eigenvalue weighted by molar-refractivity contribution is 0.639. The third kappa shape index (κ3) is 3.16. The summed E-state index contributed by atoms with van der Waals surface area (Å²) in [5.41, 5.74) is 1.16. The maximum Gasteiger partial charge on any atom is 0.0424 e. The molecule has 76 valence electrons. The average molecular weight is 230 g/mol. The molecule has 0 heterocycles. The Hall–Kier alpha value is -0.240. The van der Waals surface area contributed by atoms with Gasteiger partial charge < -0.3 is 5.32 Å². The van der Waals surface area contributed by atoms with Crippen molar-refractivity contribution >= 4 is 23.2 Å². The first-order chi connectivity index (χ1) is 6.74. The van der Waals surface area contributed by atoms with Crippen LogP contribution in [0, 0.1) is 5.92 Å². The van der Waals surface area contributed by atoms with Crippen molar-refractivity contribution in [2.75, 3.05) is 6.54 Å². The van der Waals surface area contributed by atoms with Gasteiger partial charge in [-0.1, -0.05) is 23.2 Å². The topological polar surface area (TPSA) is 12.0 Å². The highest BCUT2D eigenvalue weighted by Gasteiger charge is 2.20. The molecule has 0 atom stereocenters. The molecule has 0 aliphatic heterocycles. The van der Waals surface area contributed by atoms with Crippen LogP contribution in [-0.4, -0.2) is 6.54 Å². The van der Waals surface area contributed by atoms with E-state index in [4.69, 9.17) is 23.2 Å². The van der Waals surface area contributed by atoms with Gasteiger partial charge in [-0.2, -0.15) is 0 Å². The maximum absolute atomic E-state index is 5.89. The molecule has 1 nitrogen and oxygen atoms in total. The summed E-state index contributed by atoms with van der Waals surface area (Å²) in [6.07, 6.45) is 2.76. The lowest BCUT2D eigenvalue weighted by Gasteiger charge is -2.04. The van der Waals surface area contributed by atoms with Gasteiger partial charge in [0.25, 0.3) is 0 Å². The van der Waals surface area contributed by atoms with Crippen LogP contribution in [0.15, 0.2) is 18.2 Å². The van der Waals surface area contributed by atoms with Crippen LogP contribution in [0.5, 0.6) is 0 Å². The third-order valence-electron chi connectivity index (χ3n) is 2.38. The van der Waals surface area contributed by atoms with E-state index in [0.717, 1.165) is 24.6 Å². The summed E-state index contributed by atoms with van der Waals surface area (Å²) in [5, 5.41) is 4.82. The van der Waals surface area contributed by atoms with E-state index in [9.17, 15) is 0 Å². The van der Waals surface area contributed by atoms with Gasteiger partial charge in [-0.25, -0.2) is 0 Å². The monoisotopic (exact) mass is 229 g/mol. The summed E-state index contributed by atoms with van der Waals surface area (Å²) in [7, 11) is 0. The van der Waals surface area contributed by atoms with Crippen LogP contribution >= 0.6 is 23.2 Å². The van der Waals surface area contributed by atoms with Crippen LogP contribution in [0.3, 0.4) is 0 Å². The molecule has 14 heavy (non-hydrogen) atoms. The van der Waals surface area contributed by atoms with Crippen molar-refractivity contribution in [1.82, 2.24) is 5.32 Å². The zero-order valence-electron chi connectivity index (χ0n) is 7.89. The first-order valence-electron chi connectivity index (χ1n) is 4.90. The molecule has 0 radical (unpaired) electrons. The van der Waals surface area contributed by atoms with Crippen LogP contribution in [0.4, 0.5) is 0 Å². The van der Waals surface area contributed by atoms with Crippen molar-refractivity contribution in [3.63, 3.8) is 0 Å². The van der Waals surface area contributed by atoms with Crippen LogP contribution in [0.2, 0.25) is 10.0 Å². The molecule has 1 fully saturated rings.